The molecule has 1 N–H and O–H groups in total. The number of hydrogen-bond acceptors (Lipinski definition) is 9. The first-order valence-corrected chi connectivity index (χ1v) is 15.3. The molecular weight excluding hydrogens is 592 g/mol. The van der Waals surface area contributed by atoms with Gasteiger partial charge in [0, 0.05) is 68.5 Å². The minimum atomic E-state index is -4.43. The molecule has 2 fully saturated rings. The van der Waals surface area contributed by atoms with E-state index in [0.29, 0.717) is 30.8 Å². The van der Waals surface area contributed by atoms with Crippen molar-refractivity contribution in [1.82, 2.24) is 24.8 Å². The molecule has 2 aromatic heterocycles. The topological polar surface area (TPSA) is 121 Å². The number of fused-ring (bicyclic) bond motifs is 1. The number of piperazine rings is 1. The molecular formula is C30H29F2N7O4S. The molecule has 4 heterocycles. The molecule has 2 aromatic carbocycles. The number of halogens is 2. The fourth-order valence-electron chi connectivity index (χ4n) is 5.51. The SMILES string of the molecule is C=CC(=O)N1CC(N2CCN(c3ncnc4ccc(-c5cnc(OC)c(NS(=O)(=O)c6ccc(F)cc6F)c5)cc34)CC2)C1. The van der Waals surface area contributed by atoms with E-state index in [2.05, 4.69) is 36.1 Å². The average Bonchev–Trinajstić information content (AvgIpc) is 2.99. The standard InChI is InChI=1S/C30H29F2N7O4S/c1-3-28(40)39-16-22(17-39)37-8-10-38(11-9-37)29-23-12-19(4-6-25(23)34-18-35-29)20-13-26(30(43-2)33-15-20)36-44(41,42)27-7-5-21(31)14-24(27)32/h3-7,12-15,18,22,36H,1,8-11,16-17H2,2H3. The third-order valence-electron chi connectivity index (χ3n) is 7.90. The number of amides is 1. The van der Waals surface area contributed by atoms with Crippen molar-refractivity contribution in [2.75, 3.05) is 56.0 Å². The van der Waals surface area contributed by atoms with E-state index >= 15 is 0 Å². The Morgan fingerprint density at radius 3 is 2.50 bits per heavy atom. The predicted molar refractivity (Wildman–Crippen MR) is 161 cm³/mol. The predicted octanol–water partition coefficient (Wildman–Crippen LogP) is 3.30. The van der Waals surface area contributed by atoms with Crippen LogP contribution in [0.4, 0.5) is 20.3 Å². The smallest absolute Gasteiger partial charge is 0.264 e. The summed E-state index contributed by atoms with van der Waals surface area (Å²) < 4.78 is 61.2. The van der Waals surface area contributed by atoms with Gasteiger partial charge in [-0.2, -0.15) is 0 Å². The summed E-state index contributed by atoms with van der Waals surface area (Å²) in [6, 6.07) is 9.71. The van der Waals surface area contributed by atoms with Crippen molar-refractivity contribution in [2.24, 2.45) is 0 Å². The molecule has 0 aliphatic carbocycles. The zero-order valence-electron chi connectivity index (χ0n) is 23.8. The minimum Gasteiger partial charge on any atom is -0.480 e. The lowest BCUT2D eigenvalue weighted by Crippen LogP contribution is -2.64. The fourth-order valence-corrected chi connectivity index (χ4v) is 6.62. The molecule has 4 aromatic rings. The number of nitrogens with one attached hydrogen (secondary N) is 1. The molecule has 228 valence electrons. The highest BCUT2D eigenvalue weighted by atomic mass is 32.2. The van der Waals surface area contributed by atoms with Crippen molar-refractivity contribution in [3.63, 3.8) is 0 Å². The number of aromatic nitrogens is 3. The third kappa shape index (κ3) is 5.65. The summed E-state index contributed by atoms with van der Waals surface area (Å²) in [5.41, 5.74) is 2.01. The van der Waals surface area contributed by atoms with E-state index < -0.39 is 26.6 Å². The summed E-state index contributed by atoms with van der Waals surface area (Å²) in [6.45, 7) is 8.11. The van der Waals surface area contributed by atoms with E-state index in [1.807, 2.05) is 18.2 Å². The second kappa shape index (κ2) is 11.8. The summed E-state index contributed by atoms with van der Waals surface area (Å²) in [4.78, 5) is 30.8. The van der Waals surface area contributed by atoms with Crippen LogP contribution in [0.25, 0.3) is 22.0 Å². The van der Waals surface area contributed by atoms with Crippen LogP contribution in [0.15, 0.2) is 72.5 Å². The van der Waals surface area contributed by atoms with Gasteiger partial charge < -0.3 is 14.5 Å². The van der Waals surface area contributed by atoms with Gasteiger partial charge in [-0.3, -0.25) is 14.4 Å². The average molecular weight is 622 g/mol. The molecule has 0 unspecified atom stereocenters. The molecule has 0 radical (unpaired) electrons. The van der Waals surface area contributed by atoms with Gasteiger partial charge in [-0.1, -0.05) is 12.6 Å². The Morgan fingerprint density at radius 2 is 1.80 bits per heavy atom. The molecule has 0 spiro atoms. The Balaban J connectivity index is 1.24. The molecule has 2 saturated heterocycles. The van der Waals surface area contributed by atoms with Crippen LogP contribution in [0, 0.1) is 11.6 Å². The van der Waals surface area contributed by atoms with Crippen LogP contribution in [0.5, 0.6) is 5.88 Å². The van der Waals surface area contributed by atoms with E-state index in [9.17, 15) is 22.0 Å². The third-order valence-corrected chi connectivity index (χ3v) is 9.30. The zero-order chi connectivity index (χ0) is 31.0. The van der Waals surface area contributed by atoms with E-state index in [1.54, 1.807) is 4.90 Å². The highest BCUT2D eigenvalue weighted by molar-refractivity contribution is 7.92. The molecule has 14 heteroatoms. The summed E-state index contributed by atoms with van der Waals surface area (Å²) in [5.74, 6) is -1.40. The number of ether oxygens (including phenoxy) is 1. The van der Waals surface area contributed by atoms with Gasteiger partial charge in [0.1, 0.15) is 34.4 Å². The van der Waals surface area contributed by atoms with Gasteiger partial charge >= 0.3 is 0 Å². The molecule has 6 rings (SSSR count). The fraction of sp³-hybridized carbons (Fsp3) is 0.267. The van der Waals surface area contributed by atoms with E-state index in [4.69, 9.17) is 4.74 Å². The molecule has 0 saturated carbocycles. The van der Waals surface area contributed by atoms with Gasteiger partial charge in [-0.05, 0) is 42.0 Å². The molecule has 1 amide bonds. The highest BCUT2D eigenvalue weighted by Gasteiger charge is 2.35. The maximum absolute atomic E-state index is 14.3. The van der Waals surface area contributed by atoms with E-state index in [1.165, 1.54) is 31.8 Å². The summed E-state index contributed by atoms with van der Waals surface area (Å²) in [5, 5.41) is 0.816. The van der Waals surface area contributed by atoms with Crippen LogP contribution in [-0.2, 0) is 14.8 Å². The maximum Gasteiger partial charge on any atom is 0.264 e. The Labute approximate surface area is 252 Å². The second-order valence-corrected chi connectivity index (χ2v) is 12.2. The van der Waals surface area contributed by atoms with Crippen LogP contribution in [0.3, 0.4) is 0 Å². The number of rotatable bonds is 8. The van der Waals surface area contributed by atoms with E-state index in [0.717, 1.165) is 60.6 Å². The summed E-state index contributed by atoms with van der Waals surface area (Å²) in [6.07, 6.45) is 4.42. The van der Waals surface area contributed by atoms with Crippen molar-refractivity contribution >= 4 is 38.3 Å². The van der Waals surface area contributed by atoms with Crippen molar-refractivity contribution in [1.29, 1.82) is 0 Å². The van der Waals surface area contributed by atoms with Crippen LogP contribution in [0.2, 0.25) is 0 Å². The van der Waals surface area contributed by atoms with Gasteiger partial charge in [0.05, 0.1) is 12.6 Å². The summed E-state index contributed by atoms with van der Waals surface area (Å²) in [7, 11) is -3.10. The van der Waals surface area contributed by atoms with Crippen molar-refractivity contribution in [3.05, 3.63) is 79.3 Å². The number of nitrogens with zero attached hydrogens (tertiary/aromatic N) is 6. The number of methoxy groups -OCH3 is 1. The van der Waals surface area contributed by atoms with Gasteiger partial charge in [0.15, 0.2) is 0 Å². The van der Waals surface area contributed by atoms with Crippen LogP contribution in [0.1, 0.15) is 0 Å². The number of carbonyl (C=O) groups is 1. The van der Waals surface area contributed by atoms with Crippen LogP contribution in [-0.4, -0.2) is 91.5 Å². The van der Waals surface area contributed by atoms with Crippen molar-refractivity contribution in [2.45, 2.75) is 10.9 Å². The van der Waals surface area contributed by atoms with Crippen molar-refractivity contribution < 1.29 is 26.7 Å². The molecule has 11 nitrogen and oxygen atoms in total. The highest BCUT2D eigenvalue weighted by Crippen LogP contribution is 2.34. The lowest BCUT2D eigenvalue weighted by atomic mass is 10.0. The monoisotopic (exact) mass is 621 g/mol. The van der Waals surface area contributed by atoms with Crippen LogP contribution < -0.4 is 14.4 Å². The van der Waals surface area contributed by atoms with E-state index in [-0.39, 0.29) is 17.5 Å². The molecule has 0 bridgehead atoms. The quantitative estimate of drug-likeness (QED) is 0.296. The summed E-state index contributed by atoms with van der Waals surface area (Å²) >= 11 is 0. The number of carbonyl (C=O) groups excluding carboxylic acids is 1. The molecule has 0 atom stereocenters. The first kappa shape index (κ1) is 29.4. The largest absolute Gasteiger partial charge is 0.480 e. The Hall–Kier alpha value is -4.69. The number of sulfonamides is 1. The first-order chi connectivity index (χ1) is 21.2. The Bertz CT molecular complexity index is 1860. The van der Waals surface area contributed by atoms with Gasteiger partial charge in [0.2, 0.25) is 11.8 Å². The normalized spacial score (nSPS) is 16.1. The molecule has 44 heavy (non-hydrogen) atoms. The van der Waals surface area contributed by atoms with Crippen LogP contribution >= 0.6 is 0 Å². The second-order valence-electron chi connectivity index (χ2n) is 10.5. The number of benzene rings is 2. The van der Waals surface area contributed by atoms with Gasteiger partial charge in [-0.15, -0.1) is 0 Å². The number of pyridine rings is 1. The number of likely N-dealkylation sites (tertiary alicyclic amines) is 1. The Morgan fingerprint density at radius 1 is 1.02 bits per heavy atom. The Kier molecular flexibility index (Phi) is 7.86. The van der Waals surface area contributed by atoms with Gasteiger partial charge in [-0.25, -0.2) is 32.2 Å². The number of anilines is 2. The molecule has 2 aliphatic heterocycles. The minimum absolute atomic E-state index is 0.0150. The zero-order valence-corrected chi connectivity index (χ0v) is 24.6. The first-order valence-electron chi connectivity index (χ1n) is 13.8. The molecule has 2 aliphatic rings. The van der Waals surface area contributed by atoms with Gasteiger partial charge in [0.25, 0.3) is 10.0 Å². The maximum atomic E-state index is 14.3. The number of hydrogen-bond donors (Lipinski definition) is 1. The lowest BCUT2D eigenvalue weighted by molar-refractivity contribution is -0.133. The van der Waals surface area contributed by atoms with Crippen molar-refractivity contribution in [3.8, 4) is 17.0 Å². The lowest BCUT2D eigenvalue weighted by Gasteiger charge is -2.48.